The van der Waals surface area contributed by atoms with Crippen molar-refractivity contribution in [3.63, 3.8) is 0 Å². The van der Waals surface area contributed by atoms with Gasteiger partial charge in [-0.15, -0.1) is 0 Å². The van der Waals surface area contributed by atoms with Crippen molar-refractivity contribution in [1.29, 1.82) is 0 Å². The van der Waals surface area contributed by atoms with Gasteiger partial charge in [-0.2, -0.15) is 10.2 Å². The third-order valence-corrected chi connectivity index (χ3v) is 5.03. The van der Waals surface area contributed by atoms with Crippen molar-refractivity contribution in [2.75, 3.05) is 11.9 Å². The molecule has 1 aromatic heterocycles. The number of nitrogens with zero attached hydrogens (tertiary/aromatic N) is 3. The van der Waals surface area contributed by atoms with Gasteiger partial charge in [-0.1, -0.05) is 24.3 Å². The normalized spacial score (nSPS) is 14.9. The molecule has 0 unspecified atom stereocenters. The van der Waals surface area contributed by atoms with Crippen LogP contribution in [-0.2, 0) is 0 Å². The third-order valence-electron chi connectivity index (χ3n) is 5.03. The summed E-state index contributed by atoms with van der Waals surface area (Å²) in [7, 11) is 0. The molecule has 4 rings (SSSR count). The monoisotopic (exact) mass is 396 g/mol. The molecule has 3 aromatic rings. The maximum Gasteiger partial charge on any atom is 0.266 e. The molecule has 0 bridgehead atoms. The van der Waals surface area contributed by atoms with Crippen LogP contribution in [0.3, 0.4) is 0 Å². The van der Waals surface area contributed by atoms with Crippen molar-refractivity contribution in [3.8, 4) is 0 Å². The molecular formula is C22H19F3N4. The molecule has 0 amide bonds. The summed E-state index contributed by atoms with van der Waals surface area (Å²) in [6, 6.07) is 9.40. The highest BCUT2D eigenvalue weighted by atomic mass is 19.3. The summed E-state index contributed by atoms with van der Waals surface area (Å²) < 4.78 is 40.6. The van der Waals surface area contributed by atoms with E-state index in [1.165, 1.54) is 17.7 Å². The van der Waals surface area contributed by atoms with Gasteiger partial charge in [-0.3, -0.25) is 4.99 Å². The fourth-order valence-electron chi connectivity index (χ4n) is 3.48. The molecule has 29 heavy (non-hydrogen) atoms. The average molecular weight is 396 g/mol. The second-order valence-electron chi connectivity index (χ2n) is 6.90. The molecule has 148 valence electrons. The first-order chi connectivity index (χ1) is 14.0. The summed E-state index contributed by atoms with van der Waals surface area (Å²) in [5.41, 5.74) is 3.16. The maximum atomic E-state index is 14.5. The SMILES string of the molecule is C[C@@H](Nc1cnnc2ccc(C3=CC=NCC3)cc12)c1cccc(C(F)F)c1F. The molecule has 0 fully saturated rings. The van der Waals surface area contributed by atoms with Crippen LogP contribution in [0.5, 0.6) is 0 Å². The first-order valence-corrected chi connectivity index (χ1v) is 9.32. The largest absolute Gasteiger partial charge is 0.377 e. The number of allylic oxidation sites excluding steroid dienone is 1. The van der Waals surface area contributed by atoms with Gasteiger partial charge in [0, 0.05) is 23.7 Å². The van der Waals surface area contributed by atoms with E-state index in [-0.39, 0.29) is 5.56 Å². The minimum absolute atomic E-state index is 0.176. The molecule has 7 heteroatoms. The van der Waals surface area contributed by atoms with Gasteiger partial charge in [0.25, 0.3) is 6.43 Å². The van der Waals surface area contributed by atoms with Crippen LogP contribution in [0, 0.1) is 5.82 Å². The molecule has 0 radical (unpaired) electrons. The van der Waals surface area contributed by atoms with E-state index in [1.54, 1.807) is 19.3 Å². The lowest BCUT2D eigenvalue weighted by Crippen LogP contribution is -2.11. The van der Waals surface area contributed by atoms with Gasteiger partial charge in [-0.25, -0.2) is 13.2 Å². The van der Waals surface area contributed by atoms with Gasteiger partial charge < -0.3 is 5.32 Å². The molecule has 2 aromatic carbocycles. The number of dihydropyridines is 1. The van der Waals surface area contributed by atoms with Crippen molar-refractivity contribution in [2.45, 2.75) is 25.8 Å². The predicted octanol–water partition coefficient (Wildman–Crippen LogP) is 5.74. The van der Waals surface area contributed by atoms with Gasteiger partial charge in [0.2, 0.25) is 0 Å². The van der Waals surface area contributed by atoms with Crippen molar-refractivity contribution < 1.29 is 13.2 Å². The van der Waals surface area contributed by atoms with Gasteiger partial charge >= 0.3 is 0 Å². The van der Waals surface area contributed by atoms with E-state index in [0.717, 1.165) is 30.0 Å². The molecular weight excluding hydrogens is 377 g/mol. The highest BCUT2D eigenvalue weighted by molar-refractivity contribution is 5.95. The Morgan fingerprint density at radius 1 is 1.10 bits per heavy atom. The Morgan fingerprint density at radius 3 is 2.69 bits per heavy atom. The first-order valence-electron chi connectivity index (χ1n) is 9.32. The van der Waals surface area contributed by atoms with Crippen molar-refractivity contribution in [3.05, 3.63) is 71.2 Å². The van der Waals surface area contributed by atoms with E-state index >= 15 is 0 Å². The number of benzene rings is 2. The zero-order valence-corrected chi connectivity index (χ0v) is 15.7. The Morgan fingerprint density at radius 2 is 1.93 bits per heavy atom. The van der Waals surface area contributed by atoms with Gasteiger partial charge in [0.15, 0.2) is 0 Å². The number of alkyl halides is 2. The molecule has 1 N–H and O–H groups in total. The summed E-state index contributed by atoms with van der Waals surface area (Å²) in [6.07, 6.45) is 3.34. The van der Waals surface area contributed by atoms with Crippen LogP contribution < -0.4 is 5.32 Å². The number of halogens is 3. The van der Waals surface area contributed by atoms with E-state index in [9.17, 15) is 13.2 Å². The zero-order valence-electron chi connectivity index (χ0n) is 15.7. The molecule has 0 saturated heterocycles. The van der Waals surface area contributed by atoms with Gasteiger partial charge in [-0.05, 0) is 42.7 Å². The van der Waals surface area contributed by atoms with Gasteiger partial charge in [0.05, 0.1) is 29.0 Å². The molecule has 0 spiro atoms. The van der Waals surface area contributed by atoms with Crippen LogP contribution in [0.15, 0.2) is 53.7 Å². The molecule has 0 aliphatic carbocycles. The number of aromatic nitrogens is 2. The Bertz CT molecular complexity index is 1110. The van der Waals surface area contributed by atoms with E-state index in [4.69, 9.17) is 0 Å². The number of aliphatic imine (C=N–C) groups is 1. The Kier molecular flexibility index (Phi) is 5.29. The van der Waals surface area contributed by atoms with E-state index in [2.05, 4.69) is 20.5 Å². The van der Waals surface area contributed by atoms with Crippen molar-refractivity contribution in [1.82, 2.24) is 10.2 Å². The van der Waals surface area contributed by atoms with Gasteiger partial charge in [0.1, 0.15) is 5.82 Å². The lowest BCUT2D eigenvalue weighted by molar-refractivity contribution is 0.146. The number of fused-ring (bicyclic) bond motifs is 1. The standard InChI is InChI=1S/C22H19F3N4/c1-13(16-3-2-4-17(21(16)23)22(24)25)28-20-12-27-29-19-6-5-15(11-18(19)20)14-7-9-26-10-8-14/h2-7,9,11-13,22H,8,10H2,1H3,(H,28,29)/t13-/m1/s1. The summed E-state index contributed by atoms with van der Waals surface area (Å²) in [5, 5.41) is 12.2. The Balaban J connectivity index is 1.70. The maximum absolute atomic E-state index is 14.5. The summed E-state index contributed by atoms with van der Waals surface area (Å²) >= 11 is 0. The number of anilines is 1. The zero-order chi connectivity index (χ0) is 20.4. The minimum atomic E-state index is -2.86. The van der Waals surface area contributed by atoms with Crippen LogP contribution in [0.4, 0.5) is 18.9 Å². The second-order valence-corrected chi connectivity index (χ2v) is 6.90. The quantitative estimate of drug-likeness (QED) is 0.599. The van der Waals surface area contributed by atoms with Crippen LogP contribution in [0.25, 0.3) is 16.5 Å². The molecule has 1 aliphatic heterocycles. The van der Waals surface area contributed by atoms with Crippen LogP contribution in [0.2, 0.25) is 0 Å². The lowest BCUT2D eigenvalue weighted by atomic mass is 9.99. The summed E-state index contributed by atoms with van der Waals surface area (Å²) in [4.78, 5) is 4.21. The average Bonchev–Trinajstić information content (AvgIpc) is 2.74. The highest BCUT2D eigenvalue weighted by Crippen LogP contribution is 2.32. The minimum Gasteiger partial charge on any atom is -0.377 e. The lowest BCUT2D eigenvalue weighted by Gasteiger charge is -2.19. The number of rotatable bonds is 5. The topological polar surface area (TPSA) is 50.2 Å². The van der Waals surface area contributed by atoms with Crippen molar-refractivity contribution in [2.24, 2.45) is 4.99 Å². The van der Waals surface area contributed by atoms with Crippen LogP contribution >= 0.6 is 0 Å². The summed E-state index contributed by atoms with van der Waals surface area (Å²) in [6.45, 7) is 2.48. The van der Waals surface area contributed by atoms with Crippen LogP contribution in [0.1, 0.15) is 42.5 Å². The fourth-order valence-corrected chi connectivity index (χ4v) is 3.48. The predicted molar refractivity (Wildman–Crippen MR) is 109 cm³/mol. The molecule has 2 heterocycles. The molecule has 4 nitrogen and oxygen atoms in total. The van der Waals surface area contributed by atoms with Crippen molar-refractivity contribution >= 4 is 28.4 Å². The number of hydrogen-bond donors (Lipinski definition) is 1. The highest BCUT2D eigenvalue weighted by Gasteiger charge is 2.20. The third kappa shape index (κ3) is 3.85. The summed E-state index contributed by atoms with van der Waals surface area (Å²) in [5.74, 6) is -0.888. The fraction of sp³-hybridized carbons (Fsp3) is 0.227. The first kappa shape index (κ1) is 19.1. The number of hydrogen-bond acceptors (Lipinski definition) is 4. The second kappa shape index (κ2) is 8.03. The van der Waals surface area contributed by atoms with E-state index in [1.807, 2.05) is 24.3 Å². The Hall–Kier alpha value is -3.22. The number of nitrogens with one attached hydrogen (secondary N) is 1. The van der Waals surface area contributed by atoms with Crippen LogP contribution in [-0.4, -0.2) is 23.0 Å². The molecule has 1 atom stereocenters. The van der Waals surface area contributed by atoms with E-state index < -0.39 is 23.8 Å². The molecule has 0 saturated carbocycles. The Labute approximate surface area is 166 Å². The van der Waals surface area contributed by atoms with E-state index in [0.29, 0.717) is 11.2 Å². The smallest absolute Gasteiger partial charge is 0.266 e. The molecule has 1 aliphatic rings.